The van der Waals surface area contributed by atoms with Crippen molar-refractivity contribution in [3.8, 4) is 0 Å². The molecular formula is C15H15N3O3. The third-order valence-corrected chi connectivity index (χ3v) is 2.85. The number of benzene rings is 1. The van der Waals surface area contributed by atoms with E-state index in [9.17, 15) is 9.59 Å². The summed E-state index contributed by atoms with van der Waals surface area (Å²) in [7, 11) is 0. The number of aliphatic carboxylic acids is 1. The second kappa shape index (κ2) is 6.51. The summed E-state index contributed by atoms with van der Waals surface area (Å²) in [5.74, 6) is -1.09. The van der Waals surface area contributed by atoms with Gasteiger partial charge in [0.25, 0.3) is 0 Å². The van der Waals surface area contributed by atoms with E-state index in [1.165, 1.54) is 0 Å². The van der Waals surface area contributed by atoms with Gasteiger partial charge in [-0.2, -0.15) is 0 Å². The fourth-order valence-electron chi connectivity index (χ4n) is 1.82. The van der Waals surface area contributed by atoms with E-state index in [0.717, 1.165) is 4.90 Å². The molecule has 0 spiro atoms. The maximum Gasteiger partial charge on any atom is 0.326 e. The second-order valence-corrected chi connectivity index (χ2v) is 4.38. The van der Waals surface area contributed by atoms with Gasteiger partial charge in [-0.1, -0.05) is 18.2 Å². The highest BCUT2D eigenvalue weighted by molar-refractivity contribution is 6.04. The minimum Gasteiger partial charge on any atom is -0.480 e. The number of rotatable bonds is 4. The number of urea groups is 1. The first kappa shape index (κ1) is 14.5. The molecule has 0 radical (unpaired) electrons. The van der Waals surface area contributed by atoms with Gasteiger partial charge in [0, 0.05) is 11.9 Å². The number of aromatic nitrogens is 1. The van der Waals surface area contributed by atoms with Crippen molar-refractivity contribution in [1.29, 1.82) is 0 Å². The Bertz CT molecular complexity index is 644. The minimum atomic E-state index is -1.09. The highest BCUT2D eigenvalue weighted by atomic mass is 16.4. The summed E-state index contributed by atoms with van der Waals surface area (Å²) in [4.78, 5) is 28.5. The minimum absolute atomic E-state index is 0.421. The Morgan fingerprint density at radius 1 is 1.19 bits per heavy atom. The van der Waals surface area contributed by atoms with Crippen LogP contribution in [0.1, 0.15) is 5.69 Å². The number of nitrogens with zero attached hydrogens (tertiary/aromatic N) is 2. The van der Waals surface area contributed by atoms with Crippen LogP contribution < -0.4 is 10.2 Å². The number of hydrogen-bond donors (Lipinski definition) is 2. The average molecular weight is 285 g/mol. The average Bonchev–Trinajstić information content (AvgIpc) is 2.48. The lowest BCUT2D eigenvalue weighted by Crippen LogP contribution is -2.39. The number of anilines is 2. The maximum absolute atomic E-state index is 12.3. The smallest absolute Gasteiger partial charge is 0.326 e. The molecule has 0 aliphatic carbocycles. The molecule has 0 atom stereocenters. The predicted octanol–water partition coefficient (Wildman–Crippen LogP) is 2.51. The summed E-state index contributed by atoms with van der Waals surface area (Å²) < 4.78 is 0. The molecule has 21 heavy (non-hydrogen) atoms. The van der Waals surface area contributed by atoms with Gasteiger partial charge in [0.1, 0.15) is 6.54 Å². The molecule has 1 heterocycles. The third kappa shape index (κ3) is 3.79. The highest BCUT2D eigenvalue weighted by Gasteiger charge is 2.19. The van der Waals surface area contributed by atoms with Crippen LogP contribution >= 0.6 is 0 Å². The van der Waals surface area contributed by atoms with E-state index in [-0.39, 0.29) is 0 Å². The Kier molecular flexibility index (Phi) is 4.50. The van der Waals surface area contributed by atoms with E-state index in [0.29, 0.717) is 17.1 Å². The van der Waals surface area contributed by atoms with Crippen molar-refractivity contribution in [3.63, 3.8) is 0 Å². The second-order valence-electron chi connectivity index (χ2n) is 4.38. The molecule has 0 bridgehead atoms. The number of carboxylic acids is 1. The molecule has 1 aromatic carbocycles. The molecule has 6 heteroatoms. The van der Waals surface area contributed by atoms with Gasteiger partial charge in [-0.15, -0.1) is 0 Å². The van der Waals surface area contributed by atoms with Crippen molar-refractivity contribution in [2.45, 2.75) is 6.92 Å². The number of carbonyl (C=O) groups excluding carboxylic acids is 1. The van der Waals surface area contributed by atoms with E-state index in [2.05, 4.69) is 10.3 Å². The zero-order valence-electron chi connectivity index (χ0n) is 11.5. The third-order valence-electron chi connectivity index (χ3n) is 2.85. The van der Waals surface area contributed by atoms with Crippen LogP contribution in [0, 0.1) is 6.92 Å². The summed E-state index contributed by atoms with van der Waals surface area (Å²) in [6, 6.07) is 11.5. The molecule has 2 rings (SSSR count). The fraction of sp³-hybridized carbons (Fsp3) is 0.133. The van der Waals surface area contributed by atoms with Gasteiger partial charge in [0.15, 0.2) is 0 Å². The molecule has 2 N–H and O–H groups in total. The van der Waals surface area contributed by atoms with Crippen molar-refractivity contribution in [2.75, 3.05) is 16.8 Å². The molecule has 0 saturated carbocycles. The van der Waals surface area contributed by atoms with Crippen LogP contribution in [0.15, 0.2) is 48.7 Å². The number of pyridine rings is 1. The number of para-hydroxylation sites is 1. The number of carboxylic acid groups (broad SMARTS) is 1. The van der Waals surface area contributed by atoms with Crippen LogP contribution in [0.2, 0.25) is 0 Å². The Labute approximate surface area is 122 Å². The van der Waals surface area contributed by atoms with Gasteiger partial charge in [-0.05, 0) is 31.2 Å². The van der Waals surface area contributed by atoms with Crippen LogP contribution in [-0.4, -0.2) is 28.6 Å². The number of carbonyl (C=O) groups is 2. The SMILES string of the molecule is Cc1ncccc1NC(=O)N(CC(=O)O)c1ccccc1. The van der Waals surface area contributed by atoms with Gasteiger partial charge in [-0.3, -0.25) is 14.7 Å². The Balaban J connectivity index is 2.23. The van der Waals surface area contributed by atoms with Crippen LogP contribution in [0.3, 0.4) is 0 Å². The summed E-state index contributed by atoms with van der Waals surface area (Å²) in [6.45, 7) is 1.34. The quantitative estimate of drug-likeness (QED) is 0.904. The predicted molar refractivity (Wildman–Crippen MR) is 79.4 cm³/mol. The Hall–Kier alpha value is -2.89. The van der Waals surface area contributed by atoms with Crippen molar-refractivity contribution >= 4 is 23.4 Å². The van der Waals surface area contributed by atoms with Gasteiger partial charge in [0.05, 0.1) is 11.4 Å². The molecular weight excluding hydrogens is 270 g/mol. The zero-order chi connectivity index (χ0) is 15.2. The van der Waals surface area contributed by atoms with Gasteiger partial charge >= 0.3 is 12.0 Å². The molecule has 0 aliphatic heterocycles. The molecule has 2 amide bonds. The highest BCUT2D eigenvalue weighted by Crippen LogP contribution is 2.16. The Morgan fingerprint density at radius 2 is 1.90 bits per heavy atom. The molecule has 0 aliphatic rings. The number of nitrogens with one attached hydrogen (secondary N) is 1. The van der Waals surface area contributed by atoms with Gasteiger partial charge in [0.2, 0.25) is 0 Å². The van der Waals surface area contributed by atoms with Crippen molar-refractivity contribution in [3.05, 3.63) is 54.4 Å². The van der Waals surface area contributed by atoms with E-state index < -0.39 is 18.5 Å². The van der Waals surface area contributed by atoms with E-state index in [1.54, 1.807) is 55.6 Å². The topological polar surface area (TPSA) is 82.5 Å². The number of hydrogen-bond acceptors (Lipinski definition) is 3. The Morgan fingerprint density at radius 3 is 2.52 bits per heavy atom. The van der Waals surface area contributed by atoms with Gasteiger partial charge < -0.3 is 10.4 Å². The molecule has 6 nitrogen and oxygen atoms in total. The first-order chi connectivity index (χ1) is 10.1. The van der Waals surface area contributed by atoms with Crippen molar-refractivity contribution < 1.29 is 14.7 Å². The monoisotopic (exact) mass is 285 g/mol. The molecule has 0 saturated heterocycles. The normalized spacial score (nSPS) is 9.95. The largest absolute Gasteiger partial charge is 0.480 e. The molecule has 1 aromatic heterocycles. The first-order valence-electron chi connectivity index (χ1n) is 6.35. The molecule has 0 unspecified atom stereocenters. The number of amides is 2. The molecule has 108 valence electrons. The van der Waals surface area contributed by atoms with Crippen LogP contribution in [-0.2, 0) is 4.79 Å². The summed E-state index contributed by atoms with van der Waals surface area (Å²) >= 11 is 0. The molecule has 0 fully saturated rings. The molecule has 2 aromatic rings. The summed E-state index contributed by atoms with van der Waals surface area (Å²) in [6.07, 6.45) is 1.62. The fourth-order valence-corrected chi connectivity index (χ4v) is 1.82. The lowest BCUT2D eigenvalue weighted by molar-refractivity contribution is -0.135. The van der Waals surface area contributed by atoms with Crippen molar-refractivity contribution in [1.82, 2.24) is 4.98 Å². The van der Waals surface area contributed by atoms with E-state index in [4.69, 9.17) is 5.11 Å². The summed E-state index contributed by atoms with van der Waals surface area (Å²) in [5, 5.41) is 11.7. The standard InChI is InChI=1S/C15H15N3O3/c1-11-13(8-5-9-16-11)17-15(21)18(10-14(19)20)12-6-3-2-4-7-12/h2-9H,10H2,1H3,(H,17,21)(H,19,20). The number of aryl methyl sites for hydroxylation is 1. The maximum atomic E-state index is 12.3. The van der Waals surface area contributed by atoms with Gasteiger partial charge in [-0.25, -0.2) is 4.79 Å². The van der Waals surface area contributed by atoms with Crippen LogP contribution in [0.25, 0.3) is 0 Å². The lowest BCUT2D eigenvalue weighted by atomic mass is 10.3. The first-order valence-corrected chi connectivity index (χ1v) is 6.35. The summed E-state index contributed by atoms with van der Waals surface area (Å²) in [5.41, 5.74) is 1.72. The van der Waals surface area contributed by atoms with Crippen LogP contribution in [0.4, 0.5) is 16.2 Å². The van der Waals surface area contributed by atoms with Crippen LogP contribution in [0.5, 0.6) is 0 Å². The van der Waals surface area contributed by atoms with Crippen molar-refractivity contribution in [2.24, 2.45) is 0 Å². The van der Waals surface area contributed by atoms with E-state index in [1.807, 2.05) is 0 Å². The lowest BCUT2D eigenvalue weighted by Gasteiger charge is -2.21. The van der Waals surface area contributed by atoms with E-state index >= 15 is 0 Å². The zero-order valence-corrected chi connectivity index (χ0v) is 11.5.